The minimum atomic E-state index is -0.0672. The zero-order chi connectivity index (χ0) is 41.6. The second-order valence-corrected chi connectivity index (χ2v) is 19.0. The van der Waals surface area contributed by atoms with Gasteiger partial charge in [-0.3, -0.25) is 0 Å². The van der Waals surface area contributed by atoms with Crippen LogP contribution in [-0.2, 0) is 26.5 Å². The number of ether oxygens (including phenoxy) is 1. The molecule has 1 saturated carbocycles. The first kappa shape index (κ1) is 43.2. The summed E-state index contributed by atoms with van der Waals surface area (Å²) in [5.41, 5.74) is 14.1. The Morgan fingerprint density at radius 2 is 1.43 bits per heavy atom. The third-order valence-corrected chi connectivity index (χ3v) is 12.2. The average molecular weight is 975 g/mol. The van der Waals surface area contributed by atoms with Crippen LogP contribution in [0.5, 0.6) is 11.5 Å². The molecule has 1 aliphatic rings. The second kappa shape index (κ2) is 17.2. The molecule has 6 heteroatoms. The molecular formula is C54H57N3O2Pt. The van der Waals surface area contributed by atoms with E-state index in [1.165, 1.54) is 47.9 Å². The molecule has 0 amide bonds. The van der Waals surface area contributed by atoms with Crippen molar-refractivity contribution in [3.8, 4) is 56.6 Å². The van der Waals surface area contributed by atoms with Gasteiger partial charge in [-0.05, 0) is 106 Å². The first-order valence-corrected chi connectivity index (χ1v) is 21.4. The average Bonchev–Trinajstić information content (AvgIpc) is 3.65. The summed E-state index contributed by atoms with van der Waals surface area (Å²) in [4.78, 5) is 15.0. The largest absolute Gasteiger partial charge is 2.00 e. The molecule has 4 aromatic carbocycles. The fourth-order valence-electron chi connectivity index (χ4n) is 8.76. The summed E-state index contributed by atoms with van der Waals surface area (Å²) < 4.78 is 13.8. The third-order valence-electron chi connectivity index (χ3n) is 12.2. The molecule has 0 saturated heterocycles. The van der Waals surface area contributed by atoms with E-state index in [2.05, 4.69) is 148 Å². The van der Waals surface area contributed by atoms with E-state index in [-0.39, 0.29) is 38.3 Å². The predicted octanol–water partition coefficient (Wildman–Crippen LogP) is 15.2. The van der Waals surface area contributed by atoms with Crippen LogP contribution < -0.4 is 4.74 Å². The molecule has 0 radical (unpaired) electrons. The number of rotatable bonds is 9. The summed E-state index contributed by atoms with van der Waals surface area (Å²) in [7, 11) is 0. The summed E-state index contributed by atoms with van der Waals surface area (Å²) >= 11 is 0. The molecule has 0 unspecified atom stereocenters. The van der Waals surface area contributed by atoms with Gasteiger partial charge >= 0.3 is 21.1 Å². The molecular weight excluding hydrogens is 918 g/mol. The van der Waals surface area contributed by atoms with Gasteiger partial charge in [0.25, 0.3) is 0 Å². The molecule has 8 rings (SSSR count). The Labute approximate surface area is 371 Å². The molecule has 310 valence electrons. The van der Waals surface area contributed by atoms with E-state index in [1.54, 1.807) is 0 Å². The Morgan fingerprint density at radius 1 is 0.767 bits per heavy atom. The fraction of sp³-hybridized carbons (Fsp3) is 0.352. The predicted molar refractivity (Wildman–Crippen MR) is 242 cm³/mol. The molecule has 7 aromatic rings. The first-order valence-electron chi connectivity index (χ1n) is 21.4. The minimum Gasteiger partial charge on any atom is -0.493 e. The molecule has 5 nitrogen and oxygen atoms in total. The van der Waals surface area contributed by atoms with E-state index in [1.807, 2.05) is 30.6 Å². The quantitative estimate of drug-likeness (QED) is 0.135. The van der Waals surface area contributed by atoms with Crippen LogP contribution in [0.15, 0.2) is 102 Å². The number of oxazole rings is 1. The number of nitrogens with zero attached hydrogens (tertiary/aromatic N) is 3. The Bertz CT molecular complexity index is 2600. The van der Waals surface area contributed by atoms with E-state index in [9.17, 15) is 0 Å². The van der Waals surface area contributed by atoms with Crippen LogP contribution in [-0.4, -0.2) is 15.0 Å². The Kier molecular flexibility index (Phi) is 12.4. The van der Waals surface area contributed by atoms with Gasteiger partial charge in [0.2, 0.25) is 5.89 Å². The van der Waals surface area contributed by atoms with Crippen molar-refractivity contribution in [2.45, 2.75) is 118 Å². The smallest absolute Gasteiger partial charge is 0.493 e. The van der Waals surface area contributed by atoms with Gasteiger partial charge in [-0.15, -0.1) is 23.3 Å². The molecule has 1 fully saturated rings. The van der Waals surface area contributed by atoms with Crippen LogP contribution in [0.25, 0.3) is 56.2 Å². The van der Waals surface area contributed by atoms with Gasteiger partial charge in [0.15, 0.2) is 0 Å². The fourth-order valence-corrected chi connectivity index (χ4v) is 8.76. The monoisotopic (exact) mass is 974 g/mol. The summed E-state index contributed by atoms with van der Waals surface area (Å²) in [6.07, 6.45) is 8.74. The van der Waals surface area contributed by atoms with E-state index in [4.69, 9.17) is 24.1 Å². The van der Waals surface area contributed by atoms with Gasteiger partial charge in [0, 0.05) is 29.2 Å². The van der Waals surface area contributed by atoms with Gasteiger partial charge in [-0.2, -0.15) is 0 Å². The van der Waals surface area contributed by atoms with Crippen molar-refractivity contribution in [3.05, 3.63) is 137 Å². The van der Waals surface area contributed by atoms with E-state index in [0.29, 0.717) is 39.8 Å². The number of aryl methyl sites for hydroxylation is 1. The van der Waals surface area contributed by atoms with E-state index < -0.39 is 0 Å². The summed E-state index contributed by atoms with van der Waals surface area (Å²) in [5, 5.41) is 0. The number of pyridine rings is 2. The van der Waals surface area contributed by atoms with Crippen molar-refractivity contribution in [3.63, 3.8) is 0 Å². The zero-order valence-corrected chi connectivity index (χ0v) is 39.0. The van der Waals surface area contributed by atoms with Crippen molar-refractivity contribution in [1.29, 1.82) is 0 Å². The maximum absolute atomic E-state index is 6.97. The number of hydrogen-bond donors (Lipinski definition) is 0. The maximum Gasteiger partial charge on any atom is 2.00 e. The van der Waals surface area contributed by atoms with Crippen molar-refractivity contribution in [2.75, 3.05) is 0 Å². The Hall–Kier alpha value is -4.86. The summed E-state index contributed by atoms with van der Waals surface area (Å²) in [6, 6.07) is 37.0. The molecule has 3 aromatic heterocycles. The molecule has 0 bridgehead atoms. The molecule has 60 heavy (non-hydrogen) atoms. The van der Waals surface area contributed by atoms with Gasteiger partial charge in [-0.1, -0.05) is 152 Å². The molecule has 0 atom stereocenters. The molecule has 1 aliphatic carbocycles. The molecule has 3 heterocycles. The standard InChI is InChI=1S/C54H57N3O2.Pt/c1-33(2)43-17-14-18-44(34(3)4)50(43)52-57-48-29-41(47-31-45(53(6,7)8)35(5)32-56-47)30-49(51(48)59-52)58-42-26-39(36-15-12-11-13-16-36)25-40(27-42)46-28-38(21-24-55-46)37-19-22-54(9,10)23-20-37;/h11-18,21,24-26,28-29,31-34,37H,19-20,22-23H2,1-10H3;/q-2;+2. The van der Waals surface area contributed by atoms with Crippen LogP contribution in [0.3, 0.4) is 0 Å². The topological polar surface area (TPSA) is 61.0 Å². The molecule has 0 spiro atoms. The van der Waals surface area contributed by atoms with Crippen molar-refractivity contribution in [1.82, 2.24) is 15.0 Å². The normalized spacial score (nSPS) is 14.5. The molecule has 0 N–H and O–H groups in total. The minimum absolute atomic E-state index is 0. The summed E-state index contributed by atoms with van der Waals surface area (Å²) in [5.74, 6) is 2.62. The van der Waals surface area contributed by atoms with Crippen LogP contribution >= 0.6 is 0 Å². The number of aromatic nitrogens is 3. The second-order valence-electron chi connectivity index (χ2n) is 19.0. The van der Waals surface area contributed by atoms with Gasteiger partial charge in [0.05, 0.1) is 5.75 Å². The van der Waals surface area contributed by atoms with Crippen molar-refractivity contribution in [2.24, 2.45) is 5.41 Å². The van der Waals surface area contributed by atoms with Crippen LogP contribution in [0.2, 0.25) is 0 Å². The zero-order valence-electron chi connectivity index (χ0n) is 36.8. The number of benzene rings is 4. The van der Waals surface area contributed by atoms with Gasteiger partial charge < -0.3 is 19.1 Å². The van der Waals surface area contributed by atoms with Crippen LogP contribution in [0, 0.1) is 24.5 Å². The van der Waals surface area contributed by atoms with E-state index in [0.717, 1.165) is 44.8 Å². The van der Waals surface area contributed by atoms with Crippen LogP contribution in [0.1, 0.15) is 134 Å². The van der Waals surface area contributed by atoms with Crippen LogP contribution in [0.4, 0.5) is 0 Å². The molecule has 0 aliphatic heterocycles. The summed E-state index contributed by atoms with van der Waals surface area (Å²) in [6.45, 7) is 22.5. The number of fused-ring (bicyclic) bond motifs is 1. The Morgan fingerprint density at radius 3 is 2.10 bits per heavy atom. The van der Waals surface area contributed by atoms with Crippen molar-refractivity contribution >= 4 is 11.1 Å². The maximum atomic E-state index is 6.97. The SMILES string of the molecule is Cc1cnc(-c2[c-]c(Oc3[c-]c(-c4cc(C5CCC(C)(C)CC5)ccn4)cc(-c4ccccc4)c3)c3oc(-c4c(C(C)C)cccc4C(C)C)nc3c2)cc1C(C)(C)C.[Pt+2]. The van der Waals surface area contributed by atoms with E-state index >= 15 is 0 Å². The first-order chi connectivity index (χ1) is 28.1. The van der Waals surface area contributed by atoms with Gasteiger partial charge in [-0.25, -0.2) is 4.98 Å². The van der Waals surface area contributed by atoms with Crippen molar-refractivity contribution < 1.29 is 30.2 Å². The third kappa shape index (κ3) is 9.08. The number of hydrogen-bond acceptors (Lipinski definition) is 5. The van der Waals surface area contributed by atoms with Gasteiger partial charge in [0.1, 0.15) is 5.58 Å². The Balaban J connectivity index is 0.00000544.